The number of hydrogen-bond acceptors (Lipinski definition) is 5. The van der Waals surface area contributed by atoms with Crippen LogP contribution in [0.15, 0.2) is 41.2 Å². The maximum absolute atomic E-state index is 5.35. The molecule has 0 radical (unpaired) electrons. The van der Waals surface area contributed by atoms with Gasteiger partial charge in [0.1, 0.15) is 0 Å². The van der Waals surface area contributed by atoms with Gasteiger partial charge in [-0.2, -0.15) is 21.8 Å². The van der Waals surface area contributed by atoms with E-state index in [0.29, 0.717) is 12.3 Å². The third kappa shape index (κ3) is 4.45. The van der Waals surface area contributed by atoms with E-state index in [1.165, 1.54) is 16.7 Å². The Morgan fingerprint density at radius 2 is 2.09 bits per heavy atom. The molecule has 0 aliphatic carbocycles. The van der Waals surface area contributed by atoms with Crippen LogP contribution in [0.3, 0.4) is 0 Å². The normalized spacial score (nSPS) is 11.0. The van der Waals surface area contributed by atoms with Gasteiger partial charge in [0, 0.05) is 18.5 Å². The Balaban J connectivity index is 1.47. The van der Waals surface area contributed by atoms with E-state index in [2.05, 4.69) is 40.5 Å². The van der Waals surface area contributed by atoms with Crippen molar-refractivity contribution in [3.63, 3.8) is 0 Å². The Morgan fingerprint density at radius 3 is 2.87 bits per heavy atom. The highest BCUT2D eigenvalue weighted by molar-refractivity contribution is 7.98. The summed E-state index contributed by atoms with van der Waals surface area (Å²) in [6.07, 6.45) is 4.62. The largest absolute Gasteiger partial charge is 0.339 e. The lowest BCUT2D eigenvalue weighted by Crippen LogP contribution is -2.01. The van der Waals surface area contributed by atoms with Gasteiger partial charge in [0.05, 0.1) is 18.4 Å². The number of hydrogen-bond donors (Lipinski definition) is 0. The fourth-order valence-electron chi connectivity index (χ4n) is 2.30. The van der Waals surface area contributed by atoms with E-state index in [-0.39, 0.29) is 0 Å². The van der Waals surface area contributed by atoms with E-state index < -0.39 is 0 Å². The smallest absolute Gasteiger partial charge is 0.231 e. The van der Waals surface area contributed by atoms with Gasteiger partial charge in [-0.1, -0.05) is 29.4 Å². The predicted octanol–water partition coefficient (Wildman–Crippen LogP) is 3.41. The average molecular weight is 328 g/mol. The summed E-state index contributed by atoms with van der Waals surface area (Å²) in [6.45, 7) is 5.04. The second-order valence-electron chi connectivity index (χ2n) is 5.54. The molecule has 2 aromatic heterocycles. The molecule has 0 saturated carbocycles. The first-order valence-corrected chi connectivity index (χ1v) is 8.79. The maximum atomic E-state index is 5.35. The zero-order chi connectivity index (χ0) is 16.1. The number of benzene rings is 1. The molecule has 0 aliphatic heterocycles. The van der Waals surface area contributed by atoms with Crippen molar-refractivity contribution in [1.29, 1.82) is 0 Å². The molecular weight excluding hydrogens is 308 g/mol. The molecule has 1 aromatic carbocycles. The highest BCUT2D eigenvalue weighted by Crippen LogP contribution is 2.14. The van der Waals surface area contributed by atoms with Gasteiger partial charge >= 0.3 is 0 Å². The van der Waals surface area contributed by atoms with Crippen molar-refractivity contribution in [2.75, 3.05) is 5.75 Å². The van der Waals surface area contributed by atoms with Gasteiger partial charge in [0.15, 0.2) is 5.82 Å². The summed E-state index contributed by atoms with van der Waals surface area (Å²) in [5.41, 5.74) is 3.66. The molecule has 120 valence electrons. The van der Waals surface area contributed by atoms with Gasteiger partial charge in [0.25, 0.3) is 0 Å². The molecule has 0 bridgehead atoms. The third-order valence-electron chi connectivity index (χ3n) is 3.57. The summed E-state index contributed by atoms with van der Waals surface area (Å²) in [7, 11) is 0. The molecule has 3 rings (SSSR count). The van der Waals surface area contributed by atoms with Crippen molar-refractivity contribution in [2.24, 2.45) is 0 Å². The molecule has 0 N–H and O–H groups in total. The van der Waals surface area contributed by atoms with Crippen LogP contribution in [0.4, 0.5) is 0 Å². The molecule has 0 amide bonds. The third-order valence-corrected chi connectivity index (χ3v) is 4.50. The second-order valence-corrected chi connectivity index (χ2v) is 6.65. The standard InChI is InChI=1S/C17H20N4OS/c1-13-10-18-21(11-13)7-8-23-12-16-19-17(22-20-16)9-15-6-4-3-5-14(15)2/h3-6,10-11H,7-9,12H2,1-2H3. The van der Waals surface area contributed by atoms with Crippen LogP contribution in [0.5, 0.6) is 0 Å². The molecule has 0 atom stereocenters. The van der Waals surface area contributed by atoms with Gasteiger partial charge in [-0.15, -0.1) is 0 Å². The Labute approximate surface area is 140 Å². The van der Waals surface area contributed by atoms with Crippen LogP contribution in [-0.4, -0.2) is 25.7 Å². The number of rotatable bonds is 7. The Hall–Kier alpha value is -2.08. The first kappa shape index (κ1) is 15.8. The lowest BCUT2D eigenvalue weighted by molar-refractivity contribution is 0.381. The lowest BCUT2D eigenvalue weighted by Gasteiger charge is -2.00. The first-order valence-electron chi connectivity index (χ1n) is 7.63. The highest BCUT2D eigenvalue weighted by atomic mass is 32.2. The zero-order valence-electron chi connectivity index (χ0n) is 13.4. The number of aryl methyl sites for hydroxylation is 3. The molecule has 5 nitrogen and oxygen atoms in total. The van der Waals surface area contributed by atoms with E-state index in [1.54, 1.807) is 11.8 Å². The number of nitrogens with zero attached hydrogens (tertiary/aromatic N) is 4. The van der Waals surface area contributed by atoms with Crippen LogP contribution < -0.4 is 0 Å². The predicted molar refractivity (Wildman–Crippen MR) is 91.4 cm³/mol. The van der Waals surface area contributed by atoms with E-state index >= 15 is 0 Å². The molecular formula is C17H20N4OS. The van der Waals surface area contributed by atoms with Crippen molar-refractivity contribution in [1.82, 2.24) is 19.9 Å². The van der Waals surface area contributed by atoms with Crippen molar-refractivity contribution in [3.05, 3.63) is 65.1 Å². The van der Waals surface area contributed by atoms with Crippen molar-refractivity contribution in [3.8, 4) is 0 Å². The van der Waals surface area contributed by atoms with Gasteiger partial charge in [-0.05, 0) is 30.5 Å². The second kappa shape index (κ2) is 7.46. The molecule has 3 aromatic rings. The van der Waals surface area contributed by atoms with Crippen LogP contribution in [0.2, 0.25) is 0 Å². The summed E-state index contributed by atoms with van der Waals surface area (Å²) in [5.74, 6) is 3.17. The van der Waals surface area contributed by atoms with Crippen LogP contribution in [0.25, 0.3) is 0 Å². The first-order chi connectivity index (χ1) is 11.2. The summed E-state index contributed by atoms with van der Waals surface area (Å²) in [6, 6.07) is 8.27. The lowest BCUT2D eigenvalue weighted by atomic mass is 10.1. The van der Waals surface area contributed by atoms with Crippen LogP contribution >= 0.6 is 11.8 Å². The molecule has 6 heteroatoms. The Kier molecular flexibility index (Phi) is 5.12. The minimum atomic E-state index is 0.678. The summed E-state index contributed by atoms with van der Waals surface area (Å²) < 4.78 is 7.31. The van der Waals surface area contributed by atoms with Gasteiger partial charge in [-0.3, -0.25) is 4.68 Å². The van der Waals surface area contributed by atoms with Crippen molar-refractivity contribution in [2.45, 2.75) is 32.6 Å². The molecule has 0 aliphatic rings. The molecule has 2 heterocycles. The molecule has 0 saturated heterocycles. The minimum absolute atomic E-state index is 0.678. The Bertz CT molecular complexity index is 765. The average Bonchev–Trinajstić information content (AvgIpc) is 3.15. The van der Waals surface area contributed by atoms with Crippen LogP contribution in [0, 0.1) is 13.8 Å². The van der Waals surface area contributed by atoms with Crippen LogP contribution in [-0.2, 0) is 18.7 Å². The monoisotopic (exact) mass is 328 g/mol. The fraction of sp³-hybridized carbons (Fsp3) is 0.353. The van der Waals surface area contributed by atoms with Gasteiger partial charge in [-0.25, -0.2) is 0 Å². The van der Waals surface area contributed by atoms with Gasteiger partial charge in [0.2, 0.25) is 5.89 Å². The molecule has 0 fully saturated rings. The van der Waals surface area contributed by atoms with Gasteiger partial charge < -0.3 is 4.52 Å². The maximum Gasteiger partial charge on any atom is 0.231 e. The van der Waals surface area contributed by atoms with Crippen molar-refractivity contribution >= 4 is 11.8 Å². The number of aromatic nitrogens is 4. The van der Waals surface area contributed by atoms with Crippen LogP contribution in [0.1, 0.15) is 28.4 Å². The molecule has 23 heavy (non-hydrogen) atoms. The zero-order valence-corrected chi connectivity index (χ0v) is 14.2. The topological polar surface area (TPSA) is 56.7 Å². The SMILES string of the molecule is Cc1cnn(CCSCc2noc(Cc3ccccc3C)n2)c1. The van der Waals surface area contributed by atoms with E-state index in [1.807, 2.05) is 29.9 Å². The Morgan fingerprint density at radius 1 is 1.22 bits per heavy atom. The molecule has 0 spiro atoms. The summed E-state index contributed by atoms with van der Waals surface area (Å²) in [4.78, 5) is 4.47. The molecule has 0 unspecified atom stereocenters. The minimum Gasteiger partial charge on any atom is -0.339 e. The fourth-order valence-corrected chi connectivity index (χ4v) is 3.06. The summed E-state index contributed by atoms with van der Waals surface area (Å²) in [5, 5.41) is 8.33. The number of thioether (sulfide) groups is 1. The van der Waals surface area contributed by atoms with E-state index in [9.17, 15) is 0 Å². The van der Waals surface area contributed by atoms with E-state index in [4.69, 9.17) is 4.52 Å². The van der Waals surface area contributed by atoms with E-state index in [0.717, 1.165) is 23.9 Å². The highest BCUT2D eigenvalue weighted by Gasteiger charge is 2.08. The summed E-state index contributed by atoms with van der Waals surface area (Å²) >= 11 is 1.79. The quantitative estimate of drug-likeness (QED) is 0.622. The van der Waals surface area contributed by atoms with Crippen molar-refractivity contribution < 1.29 is 4.52 Å².